The topological polar surface area (TPSA) is 13.1 Å². The normalized spacial score (nSPS) is 12.2. The van der Waals surface area contributed by atoms with Crippen molar-refractivity contribution in [2.24, 2.45) is 0 Å². The Labute approximate surface area is 304 Å². The largest absolute Gasteiger partial charge is 0.456 e. The van der Waals surface area contributed by atoms with E-state index >= 15 is 0 Å². The van der Waals surface area contributed by atoms with Gasteiger partial charge in [0.15, 0.2) is 0 Å². The number of rotatable bonds is 2. The van der Waals surface area contributed by atoms with Crippen molar-refractivity contribution in [3.63, 3.8) is 0 Å². The van der Waals surface area contributed by atoms with Crippen LogP contribution in [-0.4, -0.2) is 0 Å². The molecule has 12 rings (SSSR count). The highest BCUT2D eigenvalue weighted by Crippen LogP contribution is 2.46. The lowest BCUT2D eigenvalue weighted by Crippen LogP contribution is -1.91. The molecule has 0 spiro atoms. The van der Waals surface area contributed by atoms with Crippen molar-refractivity contribution >= 4 is 97.3 Å². The van der Waals surface area contributed by atoms with Gasteiger partial charge in [0.25, 0.3) is 0 Å². The maximum absolute atomic E-state index is 6.40. The Balaban J connectivity index is 1.14. The molecule has 0 saturated heterocycles. The second-order valence-corrected chi connectivity index (χ2v) is 14.4. The van der Waals surface area contributed by atoms with Gasteiger partial charge in [0.2, 0.25) is 0 Å². The summed E-state index contributed by atoms with van der Waals surface area (Å²) in [6.45, 7) is 0. The summed E-state index contributed by atoms with van der Waals surface area (Å²) in [5.41, 5.74) is 6.85. The molecular formula is C52H30O. The molecule has 0 aliphatic rings. The van der Waals surface area contributed by atoms with Gasteiger partial charge in [0.1, 0.15) is 11.2 Å². The third kappa shape index (κ3) is 4.08. The van der Waals surface area contributed by atoms with Crippen LogP contribution in [0.4, 0.5) is 0 Å². The Bertz CT molecular complexity index is 3450. The first-order valence-corrected chi connectivity index (χ1v) is 18.3. The fourth-order valence-corrected chi connectivity index (χ4v) is 9.25. The highest BCUT2D eigenvalue weighted by Gasteiger charge is 2.19. The first kappa shape index (κ1) is 28.7. The van der Waals surface area contributed by atoms with E-state index in [1.165, 1.54) is 97.7 Å². The summed E-state index contributed by atoms with van der Waals surface area (Å²) >= 11 is 0. The quantitative estimate of drug-likeness (QED) is 0.132. The molecule has 53 heavy (non-hydrogen) atoms. The molecule has 1 nitrogen and oxygen atoms in total. The molecule has 0 aliphatic heterocycles. The van der Waals surface area contributed by atoms with E-state index in [0.717, 1.165) is 21.9 Å². The standard InChI is InChI=1S/C52H30O/c1-2-12-35-31(11-1)21-22-32-27-33(23-25-36(32)35)51-41-16-5-7-18-43(41)52(44-19-8-6-17-42(44)51)34-24-26-39-45(28-34)37-13-3-4-14-38(37)46-29-48-40-15-9-10-20-49(40)53-50(48)30-47(39)46/h1-30H. The molecule has 12 aromatic rings. The van der Waals surface area contributed by atoms with Gasteiger partial charge in [0.05, 0.1) is 0 Å². The van der Waals surface area contributed by atoms with Gasteiger partial charge in [0, 0.05) is 10.8 Å². The summed E-state index contributed by atoms with van der Waals surface area (Å²) in [4.78, 5) is 0. The lowest BCUT2D eigenvalue weighted by molar-refractivity contribution is 0.669. The minimum atomic E-state index is 0.924. The van der Waals surface area contributed by atoms with E-state index in [2.05, 4.69) is 176 Å². The highest BCUT2D eigenvalue weighted by atomic mass is 16.3. The molecule has 0 unspecified atom stereocenters. The van der Waals surface area contributed by atoms with Crippen molar-refractivity contribution in [2.75, 3.05) is 0 Å². The Hall–Kier alpha value is -6.96. The fraction of sp³-hybridized carbons (Fsp3) is 0. The Morgan fingerprint density at radius 2 is 0.679 bits per heavy atom. The molecule has 11 aromatic carbocycles. The van der Waals surface area contributed by atoms with Crippen LogP contribution >= 0.6 is 0 Å². The van der Waals surface area contributed by atoms with Crippen molar-refractivity contribution in [2.45, 2.75) is 0 Å². The lowest BCUT2D eigenvalue weighted by atomic mass is 9.84. The van der Waals surface area contributed by atoms with E-state index in [9.17, 15) is 0 Å². The molecule has 0 radical (unpaired) electrons. The zero-order valence-electron chi connectivity index (χ0n) is 28.7. The van der Waals surface area contributed by atoms with Gasteiger partial charge >= 0.3 is 0 Å². The van der Waals surface area contributed by atoms with Crippen molar-refractivity contribution in [3.8, 4) is 22.3 Å². The molecule has 0 aliphatic carbocycles. The average molecular weight is 671 g/mol. The molecule has 244 valence electrons. The van der Waals surface area contributed by atoms with Crippen LogP contribution < -0.4 is 0 Å². The van der Waals surface area contributed by atoms with Gasteiger partial charge in [-0.05, 0) is 128 Å². The predicted octanol–water partition coefficient (Wildman–Crippen LogP) is 15.0. The number of hydrogen-bond acceptors (Lipinski definition) is 1. The Kier molecular flexibility index (Phi) is 5.84. The monoisotopic (exact) mass is 670 g/mol. The van der Waals surface area contributed by atoms with E-state index in [-0.39, 0.29) is 0 Å². The molecule has 1 heterocycles. The number of para-hydroxylation sites is 1. The average Bonchev–Trinajstić information content (AvgIpc) is 3.59. The van der Waals surface area contributed by atoms with Crippen molar-refractivity contribution in [1.82, 2.24) is 0 Å². The third-order valence-electron chi connectivity index (χ3n) is 11.6. The van der Waals surface area contributed by atoms with Crippen molar-refractivity contribution in [3.05, 3.63) is 182 Å². The molecular weight excluding hydrogens is 641 g/mol. The SMILES string of the molecule is c1ccc2c(c1)ccc1cc(-c3c4ccccc4c(-c4ccc5c(c4)c4ccccc4c4cc6c(cc54)oc4ccccc46)c4ccccc34)ccc12. The van der Waals surface area contributed by atoms with Crippen LogP contribution in [0.1, 0.15) is 0 Å². The summed E-state index contributed by atoms with van der Waals surface area (Å²) in [6, 6.07) is 67.0. The second kappa shape index (κ2) is 10.8. The number of furan rings is 1. The molecule has 0 N–H and O–H groups in total. The van der Waals surface area contributed by atoms with Crippen LogP contribution in [0.15, 0.2) is 186 Å². The summed E-state index contributed by atoms with van der Waals surface area (Å²) in [5.74, 6) is 0. The van der Waals surface area contributed by atoms with Gasteiger partial charge in [-0.25, -0.2) is 0 Å². The van der Waals surface area contributed by atoms with E-state index in [1.807, 2.05) is 6.07 Å². The van der Waals surface area contributed by atoms with Crippen molar-refractivity contribution < 1.29 is 4.42 Å². The van der Waals surface area contributed by atoms with E-state index in [0.29, 0.717) is 0 Å². The fourth-order valence-electron chi connectivity index (χ4n) is 9.25. The Morgan fingerprint density at radius 3 is 1.36 bits per heavy atom. The van der Waals surface area contributed by atoms with E-state index < -0.39 is 0 Å². The molecule has 0 atom stereocenters. The smallest absolute Gasteiger partial charge is 0.136 e. The molecule has 1 heteroatoms. The van der Waals surface area contributed by atoms with Crippen molar-refractivity contribution in [1.29, 1.82) is 0 Å². The van der Waals surface area contributed by atoms with Gasteiger partial charge in [-0.15, -0.1) is 0 Å². The summed E-state index contributed by atoms with van der Waals surface area (Å²) < 4.78 is 6.40. The molecule has 0 fully saturated rings. The summed E-state index contributed by atoms with van der Waals surface area (Å²) in [5, 5.41) is 19.9. The Morgan fingerprint density at radius 1 is 0.226 bits per heavy atom. The summed E-state index contributed by atoms with van der Waals surface area (Å²) in [6.07, 6.45) is 0. The van der Waals surface area contributed by atoms with E-state index in [4.69, 9.17) is 4.42 Å². The van der Waals surface area contributed by atoms with Crippen LogP contribution in [0, 0.1) is 0 Å². The van der Waals surface area contributed by atoms with Gasteiger partial charge in [-0.3, -0.25) is 0 Å². The van der Waals surface area contributed by atoms with Crippen LogP contribution in [0.5, 0.6) is 0 Å². The molecule has 0 amide bonds. The zero-order chi connectivity index (χ0) is 34.6. The molecule has 0 bridgehead atoms. The van der Waals surface area contributed by atoms with Crippen LogP contribution in [0.3, 0.4) is 0 Å². The van der Waals surface area contributed by atoms with Gasteiger partial charge in [-0.1, -0.05) is 152 Å². The first-order chi connectivity index (χ1) is 26.3. The van der Waals surface area contributed by atoms with Crippen LogP contribution in [-0.2, 0) is 0 Å². The lowest BCUT2D eigenvalue weighted by Gasteiger charge is -2.19. The minimum absolute atomic E-state index is 0.924. The summed E-state index contributed by atoms with van der Waals surface area (Å²) in [7, 11) is 0. The maximum atomic E-state index is 6.40. The minimum Gasteiger partial charge on any atom is -0.456 e. The van der Waals surface area contributed by atoms with Gasteiger partial charge in [-0.2, -0.15) is 0 Å². The highest BCUT2D eigenvalue weighted by molar-refractivity contribution is 6.29. The zero-order valence-corrected chi connectivity index (χ0v) is 28.7. The van der Waals surface area contributed by atoms with Gasteiger partial charge < -0.3 is 4.42 Å². The maximum Gasteiger partial charge on any atom is 0.136 e. The number of fused-ring (bicyclic) bond motifs is 14. The third-order valence-corrected chi connectivity index (χ3v) is 11.6. The van der Waals surface area contributed by atoms with Crippen LogP contribution in [0.2, 0.25) is 0 Å². The second-order valence-electron chi connectivity index (χ2n) is 14.4. The molecule has 0 saturated carbocycles. The predicted molar refractivity (Wildman–Crippen MR) is 227 cm³/mol. The van der Waals surface area contributed by atoms with Crippen LogP contribution in [0.25, 0.3) is 120 Å². The van der Waals surface area contributed by atoms with E-state index in [1.54, 1.807) is 0 Å². The first-order valence-electron chi connectivity index (χ1n) is 18.3. The number of hydrogen-bond donors (Lipinski definition) is 0. The molecule has 1 aromatic heterocycles. The number of benzene rings is 11.